The Morgan fingerprint density at radius 2 is 2.21 bits per heavy atom. The van der Waals surface area contributed by atoms with Crippen LogP contribution in [0.1, 0.15) is 11.3 Å². The van der Waals surface area contributed by atoms with Gasteiger partial charge in [0.05, 0.1) is 12.8 Å². The first-order valence-electron chi connectivity index (χ1n) is 5.77. The van der Waals surface area contributed by atoms with Crippen LogP contribution in [-0.4, -0.2) is 11.7 Å². The van der Waals surface area contributed by atoms with E-state index in [1.165, 1.54) is 19.2 Å². The first-order chi connectivity index (χ1) is 9.13. The molecule has 4 nitrogen and oxygen atoms in total. The molecule has 2 aromatic rings. The Bertz CT molecular complexity index is 628. The highest BCUT2D eigenvalue weighted by Gasteiger charge is 2.06. The Balaban J connectivity index is 2.12. The Labute approximate surface area is 111 Å². The van der Waals surface area contributed by atoms with Gasteiger partial charge < -0.3 is 14.6 Å². The van der Waals surface area contributed by atoms with Crippen molar-refractivity contribution in [3.05, 3.63) is 47.5 Å². The number of methoxy groups -OCH3 is 1. The molecule has 0 radical (unpaired) electrons. The summed E-state index contributed by atoms with van der Waals surface area (Å²) in [6.07, 6.45) is 1.88. The number of nitrogens with one attached hydrogen (secondary N) is 1. The number of aromatic nitrogens is 1. The number of rotatable bonds is 4. The molecule has 0 aliphatic carbocycles. The molecule has 1 aromatic heterocycles. The molecule has 1 aromatic carbocycles. The van der Waals surface area contributed by atoms with Crippen molar-refractivity contribution in [1.29, 1.82) is 5.26 Å². The lowest BCUT2D eigenvalue weighted by molar-refractivity contribution is 0.413. The maximum Gasteiger partial charge on any atom is 0.144 e. The number of nitrogens with zero attached hydrogens (tertiary/aromatic N) is 2. The van der Waals surface area contributed by atoms with E-state index in [4.69, 9.17) is 10.00 Å². The standard InChI is InChI=1S/C14H14FN3O/c1-18-9-10(5-12(18)7-16)8-17-13-4-3-11(15)6-14(13)19-2/h3-6,9,17H,8H2,1-2H3. The van der Waals surface area contributed by atoms with Crippen molar-refractivity contribution >= 4 is 5.69 Å². The van der Waals surface area contributed by atoms with Crippen LogP contribution in [0.5, 0.6) is 5.75 Å². The summed E-state index contributed by atoms with van der Waals surface area (Å²) in [5.41, 5.74) is 2.29. The third-order valence-electron chi connectivity index (χ3n) is 2.82. The summed E-state index contributed by atoms with van der Waals surface area (Å²) < 4.78 is 19.9. The van der Waals surface area contributed by atoms with Crippen LogP contribution in [0.3, 0.4) is 0 Å². The normalized spacial score (nSPS) is 10.0. The second-order valence-electron chi connectivity index (χ2n) is 4.15. The number of hydrogen-bond acceptors (Lipinski definition) is 3. The van der Waals surface area contributed by atoms with Crippen molar-refractivity contribution < 1.29 is 9.13 Å². The molecule has 98 valence electrons. The number of ether oxygens (including phenoxy) is 1. The lowest BCUT2D eigenvalue weighted by Crippen LogP contribution is -2.01. The lowest BCUT2D eigenvalue weighted by atomic mass is 10.2. The zero-order chi connectivity index (χ0) is 13.8. The third-order valence-corrected chi connectivity index (χ3v) is 2.82. The molecule has 0 saturated heterocycles. The van der Waals surface area contributed by atoms with E-state index in [0.29, 0.717) is 23.7 Å². The molecule has 1 N–H and O–H groups in total. The molecule has 0 atom stereocenters. The van der Waals surface area contributed by atoms with E-state index < -0.39 is 0 Å². The molecule has 5 heteroatoms. The van der Waals surface area contributed by atoms with Gasteiger partial charge >= 0.3 is 0 Å². The average molecular weight is 259 g/mol. The molecule has 0 bridgehead atoms. The minimum atomic E-state index is -0.339. The number of benzene rings is 1. The summed E-state index contributed by atoms with van der Waals surface area (Å²) in [6, 6.07) is 8.24. The van der Waals surface area contributed by atoms with Crippen molar-refractivity contribution in [1.82, 2.24) is 4.57 Å². The lowest BCUT2D eigenvalue weighted by Gasteiger charge is -2.10. The van der Waals surface area contributed by atoms with Crippen LogP contribution in [0.2, 0.25) is 0 Å². The van der Waals surface area contributed by atoms with Crippen molar-refractivity contribution in [3.8, 4) is 11.8 Å². The Kier molecular flexibility index (Phi) is 3.71. The van der Waals surface area contributed by atoms with Crippen LogP contribution in [0, 0.1) is 17.1 Å². The van der Waals surface area contributed by atoms with Gasteiger partial charge in [0.2, 0.25) is 0 Å². The third kappa shape index (κ3) is 2.86. The van der Waals surface area contributed by atoms with E-state index in [1.807, 2.05) is 19.3 Å². The van der Waals surface area contributed by atoms with Crippen molar-refractivity contribution in [2.75, 3.05) is 12.4 Å². The summed E-state index contributed by atoms with van der Waals surface area (Å²) in [7, 11) is 3.32. The fourth-order valence-electron chi connectivity index (χ4n) is 1.85. The molecular weight excluding hydrogens is 245 g/mol. The molecule has 19 heavy (non-hydrogen) atoms. The van der Waals surface area contributed by atoms with Crippen LogP contribution in [0.4, 0.5) is 10.1 Å². The van der Waals surface area contributed by atoms with Gasteiger partial charge in [-0.25, -0.2) is 4.39 Å². The van der Waals surface area contributed by atoms with E-state index in [9.17, 15) is 4.39 Å². The second kappa shape index (κ2) is 5.44. The van der Waals surface area contributed by atoms with E-state index in [0.717, 1.165) is 5.56 Å². The molecule has 0 amide bonds. The maximum absolute atomic E-state index is 13.1. The first-order valence-corrected chi connectivity index (χ1v) is 5.77. The monoisotopic (exact) mass is 259 g/mol. The zero-order valence-corrected chi connectivity index (χ0v) is 10.8. The predicted octanol–water partition coefficient (Wildman–Crippen LogP) is 2.66. The topological polar surface area (TPSA) is 50.0 Å². The van der Waals surface area contributed by atoms with Gasteiger partial charge in [0, 0.05) is 25.9 Å². The zero-order valence-electron chi connectivity index (χ0n) is 10.8. The summed E-state index contributed by atoms with van der Waals surface area (Å²) in [5.74, 6) is 0.116. The van der Waals surface area contributed by atoms with Gasteiger partial charge in [-0.15, -0.1) is 0 Å². The second-order valence-corrected chi connectivity index (χ2v) is 4.15. The number of halogens is 1. The first kappa shape index (κ1) is 13.0. The molecule has 0 aliphatic rings. The minimum absolute atomic E-state index is 0.339. The van der Waals surface area contributed by atoms with Crippen molar-refractivity contribution in [3.63, 3.8) is 0 Å². The summed E-state index contributed by atoms with van der Waals surface area (Å²) >= 11 is 0. The number of nitriles is 1. The van der Waals surface area contributed by atoms with Gasteiger partial charge in [0.1, 0.15) is 23.3 Å². The highest BCUT2D eigenvalue weighted by atomic mass is 19.1. The highest BCUT2D eigenvalue weighted by molar-refractivity contribution is 5.56. The quantitative estimate of drug-likeness (QED) is 0.918. The summed E-state index contributed by atoms with van der Waals surface area (Å²) in [4.78, 5) is 0. The van der Waals surface area contributed by atoms with E-state index in [2.05, 4.69) is 11.4 Å². The van der Waals surface area contributed by atoms with Gasteiger partial charge in [-0.05, 0) is 23.8 Å². The largest absolute Gasteiger partial charge is 0.494 e. The fourth-order valence-corrected chi connectivity index (χ4v) is 1.85. The number of anilines is 1. The number of hydrogen-bond donors (Lipinski definition) is 1. The van der Waals surface area contributed by atoms with Gasteiger partial charge in [-0.3, -0.25) is 0 Å². The van der Waals surface area contributed by atoms with Gasteiger partial charge in [0.15, 0.2) is 0 Å². The highest BCUT2D eigenvalue weighted by Crippen LogP contribution is 2.25. The van der Waals surface area contributed by atoms with Crippen molar-refractivity contribution in [2.24, 2.45) is 7.05 Å². The molecule has 0 saturated carbocycles. The molecule has 1 heterocycles. The Morgan fingerprint density at radius 3 is 2.84 bits per heavy atom. The SMILES string of the molecule is COc1cc(F)ccc1NCc1cc(C#N)n(C)c1. The summed E-state index contributed by atoms with van der Waals surface area (Å²) in [6.45, 7) is 0.539. The molecular formula is C14H14FN3O. The van der Waals surface area contributed by atoms with E-state index in [1.54, 1.807) is 10.6 Å². The molecule has 0 spiro atoms. The molecule has 0 unspecified atom stereocenters. The predicted molar refractivity (Wildman–Crippen MR) is 70.4 cm³/mol. The van der Waals surface area contributed by atoms with E-state index >= 15 is 0 Å². The van der Waals surface area contributed by atoms with Crippen molar-refractivity contribution in [2.45, 2.75) is 6.54 Å². The molecule has 0 fully saturated rings. The van der Waals surface area contributed by atoms with Crippen LogP contribution in [0.15, 0.2) is 30.5 Å². The van der Waals surface area contributed by atoms with Crippen LogP contribution in [0.25, 0.3) is 0 Å². The van der Waals surface area contributed by atoms with E-state index in [-0.39, 0.29) is 5.82 Å². The van der Waals surface area contributed by atoms with Crippen LogP contribution < -0.4 is 10.1 Å². The fraction of sp³-hybridized carbons (Fsp3) is 0.214. The average Bonchev–Trinajstić information content (AvgIpc) is 2.77. The Hall–Kier alpha value is -2.48. The smallest absolute Gasteiger partial charge is 0.144 e. The molecule has 0 aliphatic heterocycles. The molecule has 2 rings (SSSR count). The van der Waals surface area contributed by atoms with Gasteiger partial charge in [-0.1, -0.05) is 0 Å². The Morgan fingerprint density at radius 1 is 1.42 bits per heavy atom. The maximum atomic E-state index is 13.1. The summed E-state index contributed by atoms with van der Waals surface area (Å²) in [5, 5.41) is 12.0. The van der Waals surface area contributed by atoms with Gasteiger partial charge in [0.25, 0.3) is 0 Å². The number of aryl methyl sites for hydroxylation is 1. The van der Waals surface area contributed by atoms with Gasteiger partial charge in [-0.2, -0.15) is 5.26 Å². The van der Waals surface area contributed by atoms with Crippen LogP contribution >= 0.6 is 0 Å². The minimum Gasteiger partial charge on any atom is -0.494 e. The van der Waals surface area contributed by atoms with Crippen LogP contribution in [-0.2, 0) is 13.6 Å².